The van der Waals surface area contributed by atoms with Crippen LogP contribution in [0.4, 0.5) is 5.69 Å². The van der Waals surface area contributed by atoms with E-state index < -0.39 is 11.4 Å². The number of pyridine rings is 1. The van der Waals surface area contributed by atoms with Gasteiger partial charge in [0, 0.05) is 28.1 Å². The molecule has 0 amide bonds. The number of rotatable bonds is 4. The monoisotopic (exact) mass is 483 g/mol. The molecule has 158 valence electrons. The summed E-state index contributed by atoms with van der Waals surface area (Å²) in [6, 6.07) is 17.5. The molecular weight excluding hydrogens is 471 g/mol. The summed E-state index contributed by atoms with van der Waals surface area (Å²) < 4.78 is 6.18. The summed E-state index contributed by atoms with van der Waals surface area (Å²) in [4.78, 5) is 31.0. The number of aromatic amines is 1. The number of nitrogens with zero attached hydrogens (tertiary/aromatic N) is 2. The lowest BCUT2D eigenvalue weighted by atomic mass is 10.1. The smallest absolute Gasteiger partial charge is 0.397 e. The minimum Gasteiger partial charge on any atom is -0.397 e. The van der Waals surface area contributed by atoms with Crippen LogP contribution in [0, 0.1) is 0 Å². The lowest BCUT2D eigenvalue weighted by Crippen LogP contribution is -2.41. The van der Waals surface area contributed by atoms with Gasteiger partial charge in [-0.05, 0) is 40.3 Å². The summed E-state index contributed by atoms with van der Waals surface area (Å²) >= 11 is 13.4. The molecule has 5 rings (SSSR count). The molecule has 0 saturated carbocycles. The van der Waals surface area contributed by atoms with Crippen LogP contribution < -0.4 is 16.0 Å². The number of nitrogen functional groups attached to an aromatic ring is 1. The number of anilines is 1. The number of para-hydroxylation sites is 1. The molecule has 0 aliphatic rings. The molecule has 0 fully saturated rings. The van der Waals surface area contributed by atoms with Crippen LogP contribution in [-0.2, 0) is 0 Å². The van der Waals surface area contributed by atoms with Gasteiger partial charge < -0.3 is 5.73 Å². The fourth-order valence-electron chi connectivity index (χ4n) is 3.35. The number of ketones is 1. The topological polar surface area (TPSA) is 106 Å². The number of aromatic nitrogens is 3. The van der Waals surface area contributed by atoms with Crippen LogP contribution in [0.2, 0.25) is 10.0 Å². The summed E-state index contributed by atoms with van der Waals surface area (Å²) in [7, 11) is 0. The zero-order valence-electron chi connectivity index (χ0n) is 16.1. The fraction of sp³-hybridized carbons (Fsp3) is 0. The van der Waals surface area contributed by atoms with Gasteiger partial charge in [0.2, 0.25) is 5.69 Å². The van der Waals surface area contributed by atoms with Crippen molar-refractivity contribution >= 4 is 56.2 Å². The van der Waals surface area contributed by atoms with E-state index >= 15 is 0 Å². The molecule has 0 spiro atoms. The SMILES string of the molecule is Nc1c(C(=O)c2c(=O)o[nH][n+]2-c2ccccc2)sc2nc(-c3ccc(Cl)cc3Cl)ccc12. The number of carbonyl (C=O) groups excluding carboxylic acids is 1. The van der Waals surface area contributed by atoms with E-state index in [1.165, 1.54) is 4.68 Å². The van der Waals surface area contributed by atoms with Crippen molar-refractivity contribution < 1.29 is 14.0 Å². The zero-order chi connectivity index (χ0) is 22.4. The third-order valence-corrected chi connectivity index (χ3v) is 6.54. The number of carbonyl (C=O) groups is 1. The van der Waals surface area contributed by atoms with E-state index in [0.717, 1.165) is 11.3 Å². The molecule has 5 aromatic rings. The van der Waals surface area contributed by atoms with Crippen molar-refractivity contribution in [3.05, 3.63) is 91.7 Å². The Hall–Kier alpha value is -3.46. The van der Waals surface area contributed by atoms with E-state index in [2.05, 4.69) is 10.3 Å². The summed E-state index contributed by atoms with van der Waals surface area (Å²) in [6.45, 7) is 0. The minimum atomic E-state index is -0.794. The standard InChI is InChI=1S/C22H12Cl2N4O3S/c23-11-6-7-13(15(24)10-11)16-9-8-14-17(25)20(32-21(14)26-16)19(29)18-22(30)31-27-28(18)12-4-2-1-3-5-12/h1-10H,(H2-,25,27,29,30)/p+1. The maximum atomic E-state index is 13.3. The lowest BCUT2D eigenvalue weighted by Gasteiger charge is -2.04. The van der Waals surface area contributed by atoms with E-state index in [9.17, 15) is 9.59 Å². The van der Waals surface area contributed by atoms with Crippen LogP contribution >= 0.6 is 34.5 Å². The lowest BCUT2D eigenvalue weighted by molar-refractivity contribution is -0.672. The molecule has 0 unspecified atom stereocenters. The first-order valence-electron chi connectivity index (χ1n) is 9.32. The first kappa shape index (κ1) is 20.4. The maximum absolute atomic E-state index is 13.3. The van der Waals surface area contributed by atoms with Crippen LogP contribution in [0.3, 0.4) is 0 Å². The fourth-order valence-corrected chi connectivity index (χ4v) is 4.89. The van der Waals surface area contributed by atoms with Crippen LogP contribution in [0.25, 0.3) is 27.2 Å². The quantitative estimate of drug-likeness (QED) is 0.286. The van der Waals surface area contributed by atoms with E-state index in [0.29, 0.717) is 37.2 Å². The van der Waals surface area contributed by atoms with Crippen LogP contribution in [0.5, 0.6) is 0 Å². The number of nitrogens with one attached hydrogen (secondary N) is 1. The molecule has 3 aromatic heterocycles. The number of halogens is 2. The summed E-state index contributed by atoms with van der Waals surface area (Å²) in [5, 5.41) is 4.05. The van der Waals surface area contributed by atoms with E-state index in [-0.39, 0.29) is 16.3 Å². The third kappa shape index (κ3) is 3.38. The molecule has 10 heteroatoms. The van der Waals surface area contributed by atoms with Crippen molar-refractivity contribution in [1.82, 2.24) is 10.3 Å². The minimum absolute atomic E-state index is 0.185. The van der Waals surface area contributed by atoms with Gasteiger partial charge in [0.05, 0.1) is 16.4 Å². The van der Waals surface area contributed by atoms with Crippen LogP contribution in [0.15, 0.2) is 70.0 Å². The van der Waals surface area contributed by atoms with Crippen molar-refractivity contribution in [2.75, 3.05) is 5.73 Å². The van der Waals surface area contributed by atoms with Gasteiger partial charge in [-0.25, -0.2) is 9.78 Å². The first-order valence-corrected chi connectivity index (χ1v) is 10.9. The molecule has 0 radical (unpaired) electrons. The highest BCUT2D eigenvalue weighted by Crippen LogP contribution is 2.36. The average Bonchev–Trinajstić information content (AvgIpc) is 3.33. The van der Waals surface area contributed by atoms with Gasteiger partial charge in [-0.1, -0.05) is 41.4 Å². The second-order valence-corrected chi connectivity index (χ2v) is 8.69. The Kier molecular flexibility index (Phi) is 5.05. The van der Waals surface area contributed by atoms with Gasteiger partial charge in [0.1, 0.15) is 9.71 Å². The van der Waals surface area contributed by atoms with E-state index in [1.807, 2.05) is 6.07 Å². The van der Waals surface area contributed by atoms with E-state index in [1.54, 1.807) is 54.6 Å². The molecule has 3 heterocycles. The summed E-state index contributed by atoms with van der Waals surface area (Å²) in [5.74, 6) is -0.560. The Bertz CT molecular complexity index is 1560. The first-order chi connectivity index (χ1) is 15.4. The largest absolute Gasteiger partial charge is 0.439 e. The molecule has 7 nitrogen and oxygen atoms in total. The van der Waals surface area contributed by atoms with Crippen molar-refractivity contribution in [3.8, 4) is 16.9 Å². The Morgan fingerprint density at radius 1 is 1.09 bits per heavy atom. The molecule has 0 bridgehead atoms. The Labute approximate surface area is 194 Å². The second-order valence-electron chi connectivity index (χ2n) is 6.85. The predicted octanol–water partition coefficient (Wildman–Crippen LogP) is 4.64. The number of hydrogen-bond donors (Lipinski definition) is 2. The highest BCUT2D eigenvalue weighted by atomic mass is 35.5. The maximum Gasteiger partial charge on any atom is 0.439 e. The number of nitrogens with two attached hydrogens (primary N) is 1. The number of fused-ring (bicyclic) bond motifs is 1. The molecule has 0 atom stereocenters. The molecule has 0 aliphatic heterocycles. The summed E-state index contributed by atoms with van der Waals surface area (Å²) in [6.07, 6.45) is 0. The van der Waals surface area contributed by atoms with Crippen LogP contribution in [-0.4, -0.2) is 16.0 Å². The number of benzene rings is 2. The van der Waals surface area contributed by atoms with Gasteiger partial charge >= 0.3 is 11.3 Å². The molecular formula is C22H13Cl2N4O3S+. The van der Waals surface area contributed by atoms with Gasteiger partial charge in [-0.15, -0.1) is 11.3 Å². The second kappa shape index (κ2) is 7.90. The van der Waals surface area contributed by atoms with E-state index in [4.69, 9.17) is 33.5 Å². The van der Waals surface area contributed by atoms with Gasteiger partial charge in [-0.2, -0.15) is 0 Å². The van der Waals surface area contributed by atoms with Crippen molar-refractivity contribution in [1.29, 1.82) is 0 Å². The summed E-state index contributed by atoms with van der Waals surface area (Å²) in [5.41, 5.74) is 7.42. The number of thiophene rings is 1. The molecule has 3 N–H and O–H groups in total. The normalized spacial score (nSPS) is 11.2. The molecule has 2 aromatic carbocycles. The number of hydrogen-bond acceptors (Lipinski definition) is 6. The highest BCUT2D eigenvalue weighted by Gasteiger charge is 2.34. The van der Waals surface area contributed by atoms with Gasteiger partial charge in [0.15, 0.2) is 0 Å². The average molecular weight is 484 g/mol. The molecule has 0 saturated heterocycles. The van der Waals surface area contributed by atoms with Gasteiger partial charge in [0.25, 0.3) is 5.78 Å². The molecule has 0 aliphatic carbocycles. The Morgan fingerprint density at radius 2 is 1.88 bits per heavy atom. The van der Waals surface area contributed by atoms with Crippen LogP contribution in [0.1, 0.15) is 15.4 Å². The van der Waals surface area contributed by atoms with Crippen molar-refractivity contribution in [3.63, 3.8) is 0 Å². The zero-order valence-corrected chi connectivity index (χ0v) is 18.5. The highest BCUT2D eigenvalue weighted by molar-refractivity contribution is 7.21. The third-order valence-electron chi connectivity index (χ3n) is 4.88. The predicted molar refractivity (Wildman–Crippen MR) is 124 cm³/mol. The van der Waals surface area contributed by atoms with Crippen molar-refractivity contribution in [2.45, 2.75) is 0 Å². The number of H-pyrrole nitrogens is 1. The Morgan fingerprint density at radius 3 is 2.62 bits per heavy atom. The van der Waals surface area contributed by atoms with Gasteiger partial charge in [-0.3, -0.25) is 9.32 Å². The van der Waals surface area contributed by atoms with Crippen molar-refractivity contribution in [2.24, 2.45) is 0 Å². The Balaban J connectivity index is 1.62. The molecule has 32 heavy (non-hydrogen) atoms.